The second-order valence-electron chi connectivity index (χ2n) is 7.20. The number of carbonyl (C=O) groups is 1. The van der Waals surface area contributed by atoms with E-state index in [0.29, 0.717) is 23.9 Å². The molecule has 162 valence electrons. The number of hydrogen-bond donors (Lipinski definition) is 1. The van der Waals surface area contributed by atoms with Gasteiger partial charge in [0.25, 0.3) is 0 Å². The molecule has 3 aromatic rings. The van der Waals surface area contributed by atoms with Gasteiger partial charge in [-0.05, 0) is 56.2 Å². The first-order valence-electron chi connectivity index (χ1n) is 9.98. The molecule has 1 atom stereocenters. The SMILES string of the molecule is C[C@H](Sc1nncn1-c1ccccc1)C(=O)Nc1ccc(S(=O)(=O)N2CCCC2)cc1. The van der Waals surface area contributed by atoms with Crippen LogP contribution in [0.25, 0.3) is 5.69 Å². The summed E-state index contributed by atoms with van der Waals surface area (Å²) in [5.41, 5.74) is 1.46. The minimum atomic E-state index is -3.47. The highest BCUT2D eigenvalue weighted by Crippen LogP contribution is 2.26. The highest BCUT2D eigenvalue weighted by Gasteiger charge is 2.27. The molecule has 2 heterocycles. The van der Waals surface area contributed by atoms with E-state index in [1.54, 1.807) is 25.4 Å². The van der Waals surface area contributed by atoms with Crippen LogP contribution >= 0.6 is 11.8 Å². The third-order valence-corrected chi connectivity index (χ3v) is 8.00. The Kier molecular flexibility index (Phi) is 6.40. The molecule has 2 aromatic carbocycles. The predicted octanol–water partition coefficient (Wildman–Crippen LogP) is 3.17. The molecule has 1 aliphatic heterocycles. The van der Waals surface area contributed by atoms with E-state index in [0.717, 1.165) is 18.5 Å². The Balaban J connectivity index is 1.40. The molecule has 1 aromatic heterocycles. The summed E-state index contributed by atoms with van der Waals surface area (Å²) < 4.78 is 28.6. The molecule has 1 saturated heterocycles. The second-order valence-corrected chi connectivity index (χ2v) is 10.4. The van der Waals surface area contributed by atoms with Gasteiger partial charge in [-0.2, -0.15) is 4.31 Å². The van der Waals surface area contributed by atoms with Crippen LogP contribution in [0.15, 0.2) is 71.0 Å². The van der Waals surface area contributed by atoms with Crippen LogP contribution in [0, 0.1) is 0 Å². The highest BCUT2D eigenvalue weighted by atomic mass is 32.2. The fraction of sp³-hybridized carbons (Fsp3) is 0.286. The summed E-state index contributed by atoms with van der Waals surface area (Å²) in [4.78, 5) is 12.9. The number of anilines is 1. The monoisotopic (exact) mass is 457 g/mol. The van der Waals surface area contributed by atoms with Crippen molar-refractivity contribution in [1.29, 1.82) is 0 Å². The molecule has 1 N–H and O–H groups in total. The number of hydrogen-bond acceptors (Lipinski definition) is 6. The van der Waals surface area contributed by atoms with Gasteiger partial charge in [0.1, 0.15) is 6.33 Å². The first-order chi connectivity index (χ1) is 14.9. The number of benzene rings is 2. The van der Waals surface area contributed by atoms with Gasteiger partial charge in [0, 0.05) is 24.5 Å². The van der Waals surface area contributed by atoms with Crippen LogP contribution in [-0.2, 0) is 14.8 Å². The number of aromatic nitrogens is 3. The summed E-state index contributed by atoms with van der Waals surface area (Å²) in [7, 11) is -3.47. The maximum atomic E-state index is 12.7. The molecule has 1 aliphatic rings. The lowest BCUT2D eigenvalue weighted by atomic mass is 10.3. The van der Waals surface area contributed by atoms with Gasteiger partial charge in [-0.15, -0.1) is 10.2 Å². The number of nitrogens with zero attached hydrogens (tertiary/aromatic N) is 4. The lowest BCUT2D eigenvalue weighted by molar-refractivity contribution is -0.115. The van der Waals surface area contributed by atoms with Gasteiger partial charge >= 0.3 is 0 Å². The fourth-order valence-corrected chi connectivity index (χ4v) is 5.67. The van der Waals surface area contributed by atoms with Gasteiger partial charge in [-0.1, -0.05) is 30.0 Å². The Morgan fingerprint density at radius 1 is 1.06 bits per heavy atom. The summed E-state index contributed by atoms with van der Waals surface area (Å²) in [6.45, 7) is 2.91. The Bertz CT molecular complexity index is 1140. The number of para-hydroxylation sites is 1. The average Bonchev–Trinajstić information content (AvgIpc) is 3.47. The number of amides is 1. The summed E-state index contributed by atoms with van der Waals surface area (Å²) in [5.74, 6) is -0.206. The van der Waals surface area contributed by atoms with Gasteiger partial charge in [0.2, 0.25) is 15.9 Å². The van der Waals surface area contributed by atoms with E-state index in [9.17, 15) is 13.2 Å². The van der Waals surface area contributed by atoms with E-state index < -0.39 is 15.3 Å². The molecule has 10 heteroatoms. The molecule has 0 unspecified atom stereocenters. The van der Waals surface area contributed by atoms with Crippen molar-refractivity contribution in [3.05, 3.63) is 60.9 Å². The summed E-state index contributed by atoms with van der Waals surface area (Å²) in [6.07, 6.45) is 3.39. The van der Waals surface area contributed by atoms with Crippen molar-refractivity contribution in [3.63, 3.8) is 0 Å². The van der Waals surface area contributed by atoms with Gasteiger partial charge in [-0.3, -0.25) is 9.36 Å². The Morgan fingerprint density at radius 3 is 2.42 bits per heavy atom. The second kappa shape index (κ2) is 9.21. The van der Waals surface area contributed by atoms with Crippen molar-refractivity contribution >= 4 is 33.4 Å². The van der Waals surface area contributed by atoms with Crippen LogP contribution in [0.5, 0.6) is 0 Å². The zero-order valence-electron chi connectivity index (χ0n) is 17.0. The maximum Gasteiger partial charge on any atom is 0.243 e. The zero-order chi connectivity index (χ0) is 21.8. The van der Waals surface area contributed by atoms with Gasteiger partial charge in [0.05, 0.1) is 10.1 Å². The first-order valence-corrected chi connectivity index (χ1v) is 12.3. The van der Waals surface area contributed by atoms with Crippen molar-refractivity contribution in [1.82, 2.24) is 19.1 Å². The molecule has 1 amide bonds. The molecule has 1 fully saturated rings. The lowest BCUT2D eigenvalue weighted by Crippen LogP contribution is -2.27. The van der Waals surface area contributed by atoms with E-state index in [2.05, 4.69) is 15.5 Å². The average molecular weight is 458 g/mol. The predicted molar refractivity (Wildman–Crippen MR) is 120 cm³/mol. The number of thioether (sulfide) groups is 1. The number of sulfonamides is 1. The van der Waals surface area contributed by atoms with Crippen LogP contribution in [0.3, 0.4) is 0 Å². The van der Waals surface area contributed by atoms with E-state index in [1.807, 2.05) is 34.9 Å². The van der Waals surface area contributed by atoms with Crippen LogP contribution in [-0.4, -0.2) is 51.7 Å². The van der Waals surface area contributed by atoms with Crippen LogP contribution in [0.2, 0.25) is 0 Å². The molecule has 0 saturated carbocycles. The standard InChI is InChI=1S/C21H23N5O3S2/c1-16(30-21-24-22-15-26(21)18-7-3-2-4-8-18)20(27)23-17-9-11-19(12-10-17)31(28,29)25-13-5-6-14-25/h2-4,7-12,15-16H,5-6,13-14H2,1H3,(H,23,27)/t16-/m0/s1. The molecule has 0 spiro atoms. The Hall–Kier alpha value is -2.69. The minimum Gasteiger partial charge on any atom is -0.325 e. The summed E-state index contributed by atoms with van der Waals surface area (Å²) in [5, 5.41) is 11.1. The van der Waals surface area contributed by atoms with Crippen molar-refractivity contribution in [3.8, 4) is 5.69 Å². The minimum absolute atomic E-state index is 0.206. The van der Waals surface area contributed by atoms with Crippen LogP contribution in [0.4, 0.5) is 5.69 Å². The Labute approximate surface area is 185 Å². The smallest absolute Gasteiger partial charge is 0.243 e. The van der Waals surface area contributed by atoms with Crippen LogP contribution in [0.1, 0.15) is 19.8 Å². The fourth-order valence-electron chi connectivity index (χ4n) is 3.31. The largest absolute Gasteiger partial charge is 0.325 e. The van der Waals surface area contributed by atoms with Crippen molar-refractivity contribution in [2.45, 2.75) is 35.1 Å². The molecule has 0 aliphatic carbocycles. The van der Waals surface area contributed by atoms with Crippen molar-refractivity contribution < 1.29 is 13.2 Å². The van der Waals surface area contributed by atoms with E-state index in [1.165, 1.54) is 28.2 Å². The van der Waals surface area contributed by atoms with E-state index >= 15 is 0 Å². The van der Waals surface area contributed by atoms with Gasteiger partial charge in [-0.25, -0.2) is 8.42 Å². The molecule has 4 rings (SSSR count). The van der Waals surface area contributed by atoms with Crippen molar-refractivity contribution in [2.75, 3.05) is 18.4 Å². The van der Waals surface area contributed by atoms with Gasteiger partial charge in [0.15, 0.2) is 5.16 Å². The number of carbonyl (C=O) groups excluding carboxylic acids is 1. The van der Waals surface area contributed by atoms with Crippen LogP contribution < -0.4 is 5.32 Å². The molecule has 31 heavy (non-hydrogen) atoms. The highest BCUT2D eigenvalue weighted by molar-refractivity contribution is 8.00. The third-order valence-electron chi connectivity index (χ3n) is 5.03. The number of rotatable bonds is 7. The molecule has 0 bridgehead atoms. The summed E-state index contributed by atoms with van der Waals surface area (Å²) in [6, 6.07) is 16.0. The summed E-state index contributed by atoms with van der Waals surface area (Å²) >= 11 is 1.30. The first kappa shape index (κ1) is 21.5. The zero-order valence-corrected chi connectivity index (χ0v) is 18.6. The topological polar surface area (TPSA) is 97.2 Å². The van der Waals surface area contributed by atoms with E-state index in [-0.39, 0.29) is 10.8 Å². The molecule has 0 radical (unpaired) electrons. The van der Waals surface area contributed by atoms with Gasteiger partial charge < -0.3 is 5.32 Å². The number of nitrogens with one attached hydrogen (secondary N) is 1. The molecular formula is C21H23N5O3S2. The van der Waals surface area contributed by atoms with Crippen molar-refractivity contribution in [2.24, 2.45) is 0 Å². The molecular weight excluding hydrogens is 434 g/mol. The van der Waals surface area contributed by atoms with E-state index in [4.69, 9.17) is 0 Å². The Morgan fingerprint density at radius 2 is 1.74 bits per heavy atom. The molecule has 8 nitrogen and oxygen atoms in total. The maximum absolute atomic E-state index is 12.7. The quantitative estimate of drug-likeness (QED) is 0.548. The lowest BCUT2D eigenvalue weighted by Gasteiger charge is -2.16. The normalized spacial score (nSPS) is 15.6. The third kappa shape index (κ3) is 4.81.